The lowest BCUT2D eigenvalue weighted by Gasteiger charge is -2.06. The van der Waals surface area contributed by atoms with Crippen molar-refractivity contribution in [3.8, 4) is 0 Å². The smallest absolute Gasteiger partial charge is 0.213 e. The first-order chi connectivity index (χ1) is 8.72. The number of aromatic nitrogens is 3. The zero-order chi connectivity index (χ0) is 13.0. The first kappa shape index (κ1) is 12.8. The van der Waals surface area contributed by atoms with E-state index in [0.717, 1.165) is 31.9 Å². The molecule has 2 heterocycles. The summed E-state index contributed by atoms with van der Waals surface area (Å²) >= 11 is 0. The van der Waals surface area contributed by atoms with Crippen molar-refractivity contribution in [1.29, 1.82) is 0 Å². The van der Waals surface area contributed by atoms with Gasteiger partial charge in [0.1, 0.15) is 0 Å². The van der Waals surface area contributed by atoms with Crippen molar-refractivity contribution in [1.82, 2.24) is 20.0 Å². The van der Waals surface area contributed by atoms with E-state index >= 15 is 0 Å². The summed E-state index contributed by atoms with van der Waals surface area (Å²) in [6.07, 6.45) is 2.16. The molecule has 5 heteroatoms. The second kappa shape index (κ2) is 5.82. The minimum atomic E-state index is 0.751. The van der Waals surface area contributed by atoms with Crippen LogP contribution in [-0.4, -0.2) is 21.3 Å². The summed E-state index contributed by atoms with van der Waals surface area (Å²) in [4.78, 5) is 3.99. The predicted octanol–water partition coefficient (Wildman–Crippen LogP) is 1.84. The number of rotatable bonds is 6. The number of aryl methyl sites for hydroxylation is 1. The van der Waals surface area contributed by atoms with Gasteiger partial charge in [-0.05, 0) is 32.4 Å². The van der Waals surface area contributed by atoms with Crippen molar-refractivity contribution < 1.29 is 4.52 Å². The summed E-state index contributed by atoms with van der Waals surface area (Å²) in [5.41, 5.74) is 4.04. The van der Waals surface area contributed by atoms with Gasteiger partial charge in [0.2, 0.25) is 6.39 Å². The quantitative estimate of drug-likeness (QED) is 0.793. The van der Waals surface area contributed by atoms with E-state index in [4.69, 9.17) is 4.52 Å². The van der Waals surface area contributed by atoms with Crippen LogP contribution in [0.5, 0.6) is 0 Å². The Morgan fingerprint density at radius 3 is 2.83 bits per heavy atom. The number of hydrogen-bond acceptors (Lipinski definition) is 4. The highest BCUT2D eigenvalue weighted by atomic mass is 16.5. The summed E-state index contributed by atoms with van der Waals surface area (Å²) in [5, 5.41) is 7.19. The highest BCUT2D eigenvalue weighted by Crippen LogP contribution is 2.14. The Kier molecular flexibility index (Phi) is 4.15. The molecule has 2 aromatic heterocycles. The highest BCUT2D eigenvalue weighted by Gasteiger charge is 2.07. The molecule has 0 unspecified atom stereocenters. The Hall–Kier alpha value is -1.62. The van der Waals surface area contributed by atoms with Gasteiger partial charge in [-0.3, -0.25) is 0 Å². The van der Waals surface area contributed by atoms with Gasteiger partial charge in [0.15, 0.2) is 5.82 Å². The van der Waals surface area contributed by atoms with Crippen LogP contribution >= 0.6 is 0 Å². The van der Waals surface area contributed by atoms with E-state index in [1.165, 1.54) is 23.3 Å². The van der Waals surface area contributed by atoms with Gasteiger partial charge in [0.25, 0.3) is 0 Å². The summed E-state index contributed by atoms with van der Waals surface area (Å²) in [6.45, 7) is 9.27. The molecule has 98 valence electrons. The van der Waals surface area contributed by atoms with Crippen LogP contribution in [-0.2, 0) is 19.5 Å². The molecule has 18 heavy (non-hydrogen) atoms. The third-order valence-electron chi connectivity index (χ3n) is 3.24. The van der Waals surface area contributed by atoms with E-state index in [0.29, 0.717) is 0 Å². The molecule has 0 radical (unpaired) electrons. The van der Waals surface area contributed by atoms with Crippen molar-refractivity contribution >= 4 is 0 Å². The molecule has 0 saturated heterocycles. The first-order valence-corrected chi connectivity index (χ1v) is 6.34. The molecule has 0 amide bonds. The highest BCUT2D eigenvalue weighted by molar-refractivity contribution is 5.26. The average molecular weight is 248 g/mol. The van der Waals surface area contributed by atoms with Gasteiger partial charge in [0.05, 0.1) is 0 Å². The van der Waals surface area contributed by atoms with Gasteiger partial charge in [-0.25, -0.2) is 0 Å². The molecule has 0 aliphatic rings. The van der Waals surface area contributed by atoms with Gasteiger partial charge in [-0.1, -0.05) is 5.16 Å². The minimum absolute atomic E-state index is 0.751. The van der Waals surface area contributed by atoms with Gasteiger partial charge in [-0.2, -0.15) is 4.98 Å². The second-order valence-corrected chi connectivity index (χ2v) is 4.41. The molecule has 0 aliphatic carbocycles. The molecule has 0 aromatic carbocycles. The third-order valence-corrected chi connectivity index (χ3v) is 3.24. The summed E-state index contributed by atoms with van der Waals surface area (Å²) in [6, 6.07) is 2.25. The van der Waals surface area contributed by atoms with Crippen LogP contribution < -0.4 is 5.32 Å². The lowest BCUT2D eigenvalue weighted by atomic mass is 10.2. The third kappa shape index (κ3) is 2.79. The summed E-state index contributed by atoms with van der Waals surface area (Å²) in [5.74, 6) is 0.751. The molecule has 2 rings (SSSR count). The van der Waals surface area contributed by atoms with E-state index in [2.05, 4.69) is 46.9 Å². The second-order valence-electron chi connectivity index (χ2n) is 4.41. The van der Waals surface area contributed by atoms with Crippen LogP contribution in [0.4, 0.5) is 0 Å². The molecular weight excluding hydrogens is 228 g/mol. The summed E-state index contributed by atoms with van der Waals surface area (Å²) < 4.78 is 7.02. The lowest BCUT2D eigenvalue weighted by Crippen LogP contribution is -2.17. The van der Waals surface area contributed by atoms with Crippen molar-refractivity contribution in [3.63, 3.8) is 0 Å². The maximum absolute atomic E-state index is 4.69. The normalized spacial score (nSPS) is 11.1. The Labute approximate surface area is 107 Å². The molecular formula is C13H20N4O. The topological polar surface area (TPSA) is 55.9 Å². The van der Waals surface area contributed by atoms with Crippen LogP contribution in [0.3, 0.4) is 0 Å². The number of nitrogens with zero attached hydrogens (tertiary/aromatic N) is 3. The fourth-order valence-electron chi connectivity index (χ4n) is 2.26. The molecule has 0 saturated carbocycles. The predicted molar refractivity (Wildman–Crippen MR) is 69.3 cm³/mol. The van der Waals surface area contributed by atoms with E-state index in [1.54, 1.807) is 0 Å². The van der Waals surface area contributed by atoms with Crippen LogP contribution in [0.15, 0.2) is 17.0 Å². The first-order valence-electron chi connectivity index (χ1n) is 6.34. The Bertz CT molecular complexity index is 487. The van der Waals surface area contributed by atoms with Crippen LogP contribution in [0.2, 0.25) is 0 Å². The van der Waals surface area contributed by atoms with E-state index in [1.807, 2.05) is 0 Å². The van der Waals surface area contributed by atoms with Crippen molar-refractivity contribution in [3.05, 3.63) is 35.2 Å². The van der Waals surface area contributed by atoms with E-state index in [9.17, 15) is 0 Å². The molecule has 1 N–H and O–H groups in total. The van der Waals surface area contributed by atoms with Crippen LogP contribution in [0.25, 0.3) is 0 Å². The van der Waals surface area contributed by atoms with Gasteiger partial charge < -0.3 is 14.4 Å². The molecule has 0 aliphatic heterocycles. The van der Waals surface area contributed by atoms with Crippen molar-refractivity contribution in [2.45, 2.75) is 40.3 Å². The van der Waals surface area contributed by atoms with Gasteiger partial charge in [-0.15, -0.1) is 0 Å². The SMILES string of the molecule is CCn1c(C)cc(CNCCc2ncon2)c1C. The fourth-order valence-corrected chi connectivity index (χ4v) is 2.26. The van der Waals surface area contributed by atoms with Gasteiger partial charge in [0, 0.05) is 37.4 Å². The van der Waals surface area contributed by atoms with E-state index in [-0.39, 0.29) is 0 Å². The van der Waals surface area contributed by atoms with Crippen LogP contribution in [0, 0.1) is 13.8 Å². The fraction of sp³-hybridized carbons (Fsp3) is 0.538. The number of nitrogens with one attached hydrogen (secondary N) is 1. The van der Waals surface area contributed by atoms with Crippen molar-refractivity contribution in [2.24, 2.45) is 0 Å². The standard InChI is InChI=1S/C13H20N4O/c1-4-17-10(2)7-12(11(17)3)8-14-6-5-13-15-9-18-16-13/h7,9,14H,4-6,8H2,1-3H3. The monoisotopic (exact) mass is 248 g/mol. The zero-order valence-corrected chi connectivity index (χ0v) is 11.2. The zero-order valence-electron chi connectivity index (χ0n) is 11.2. The summed E-state index contributed by atoms with van der Waals surface area (Å²) in [7, 11) is 0. The largest absolute Gasteiger partial charge is 0.349 e. The molecule has 0 atom stereocenters. The number of hydrogen-bond donors (Lipinski definition) is 1. The average Bonchev–Trinajstić information content (AvgIpc) is 2.94. The molecule has 0 bridgehead atoms. The van der Waals surface area contributed by atoms with E-state index < -0.39 is 0 Å². The Balaban J connectivity index is 1.83. The Morgan fingerprint density at radius 2 is 2.22 bits per heavy atom. The van der Waals surface area contributed by atoms with Crippen molar-refractivity contribution in [2.75, 3.05) is 6.54 Å². The maximum atomic E-state index is 4.69. The van der Waals surface area contributed by atoms with Gasteiger partial charge >= 0.3 is 0 Å². The van der Waals surface area contributed by atoms with Crippen LogP contribution in [0.1, 0.15) is 29.7 Å². The molecule has 5 nitrogen and oxygen atoms in total. The molecule has 0 spiro atoms. The Morgan fingerprint density at radius 1 is 1.39 bits per heavy atom. The minimum Gasteiger partial charge on any atom is -0.349 e. The maximum Gasteiger partial charge on any atom is 0.213 e. The molecule has 0 fully saturated rings. The lowest BCUT2D eigenvalue weighted by molar-refractivity contribution is 0.409. The molecule has 2 aromatic rings.